The van der Waals surface area contributed by atoms with Crippen molar-refractivity contribution < 1.29 is 27.6 Å². The van der Waals surface area contributed by atoms with E-state index < -0.39 is 51.6 Å². The van der Waals surface area contributed by atoms with Gasteiger partial charge in [-0.25, -0.2) is 17.6 Å². The van der Waals surface area contributed by atoms with Crippen LogP contribution in [0.3, 0.4) is 0 Å². The van der Waals surface area contributed by atoms with E-state index in [4.69, 9.17) is 5.21 Å². The Kier molecular flexibility index (Phi) is 5.08. The van der Waals surface area contributed by atoms with Crippen molar-refractivity contribution in [2.45, 2.75) is 0 Å². The van der Waals surface area contributed by atoms with Crippen LogP contribution in [0.1, 0.15) is 15.9 Å². The molecule has 0 unspecified atom stereocenters. The van der Waals surface area contributed by atoms with Crippen molar-refractivity contribution in [1.29, 1.82) is 0 Å². The van der Waals surface area contributed by atoms with Gasteiger partial charge in [0.05, 0.1) is 0 Å². The Balaban J connectivity index is 2.12. The van der Waals surface area contributed by atoms with Crippen molar-refractivity contribution in [3.63, 3.8) is 0 Å². The highest BCUT2D eigenvalue weighted by Gasteiger charge is 2.22. The van der Waals surface area contributed by atoms with Crippen LogP contribution in [0.15, 0.2) is 64.7 Å². The molecule has 0 radical (unpaired) electrons. The summed E-state index contributed by atoms with van der Waals surface area (Å²) in [5.41, 5.74) is -3.15. The smallest absolute Gasteiger partial charge is 0.255 e. The number of benzene rings is 2. The molecule has 5 nitrogen and oxygen atoms in total. The van der Waals surface area contributed by atoms with E-state index in [1.54, 1.807) is 0 Å². The zero-order chi connectivity index (χ0) is 20.4. The second kappa shape index (κ2) is 7.47. The standard InChI is InChI=1S/C19H10F4N2O3/c20-11-5-6-12(15(23)8-11)17(24-28)19(27)10-4-7-16(26)25(9-10)18-13(21)2-1-3-14(18)22/h1-9,28H. The van der Waals surface area contributed by atoms with Gasteiger partial charge in [0.2, 0.25) is 5.78 Å². The molecule has 1 heterocycles. The second-order valence-electron chi connectivity index (χ2n) is 5.60. The van der Waals surface area contributed by atoms with Crippen LogP contribution in [0.4, 0.5) is 17.6 Å². The minimum absolute atomic E-state index is 0.321. The van der Waals surface area contributed by atoms with Gasteiger partial charge in [-0.05, 0) is 30.3 Å². The second-order valence-corrected chi connectivity index (χ2v) is 5.60. The summed E-state index contributed by atoms with van der Waals surface area (Å²) in [4.78, 5) is 24.7. The van der Waals surface area contributed by atoms with E-state index >= 15 is 0 Å². The number of para-hydroxylation sites is 1. The lowest BCUT2D eigenvalue weighted by molar-refractivity contribution is 0.106. The average Bonchev–Trinajstić information content (AvgIpc) is 2.65. The Morgan fingerprint density at radius 2 is 1.61 bits per heavy atom. The van der Waals surface area contributed by atoms with Gasteiger partial charge in [-0.15, -0.1) is 0 Å². The first kappa shape index (κ1) is 19.0. The third kappa shape index (κ3) is 3.41. The molecule has 1 aromatic heterocycles. The Bertz CT molecular complexity index is 1150. The highest BCUT2D eigenvalue weighted by atomic mass is 19.1. The van der Waals surface area contributed by atoms with Gasteiger partial charge >= 0.3 is 0 Å². The van der Waals surface area contributed by atoms with Crippen molar-refractivity contribution >= 4 is 11.5 Å². The molecule has 0 aliphatic rings. The molecule has 0 fully saturated rings. The molecule has 0 saturated carbocycles. The number of hydrogen-bond acceptors (Lipinski definition) is 4. The minimum Gasteiger partial charge on any atom is -0.410 e. The number of oxime groups is 1. The number of halogens is 4. The van der Waals surface area contributed by atoms with E-state index in [1.165, 1.54) is 0 Å². The van der Waals surface area contributed by atoms with Crippen molar-refractivity contribution in [2.24, 2.45) is 5.16 Å². The van der Waals surface area contributed by atoms with E-state index in [2.05, 4.69) is 5.16 Å². The SMILES string of the molecule is O=C(C(=NO)c1ccc(F)cc1F)c1ccc(=O)n(-c2c(F)cccc2F)c1. The third-order valence-corrected chi connectivity index (χ3v) is 3.85. The van der Waals surface area contributed by atoms with Gasteiger partial charge in [0, 0.05) is 29.5 Å². The number of carbonyl (C=O) groups excluding carboxylic acids is 1. The summed E-state index contributed by atoms with van der Waals surface area (Å²) in [6, 6.07) is 7.07. The first-order valence-electron chi connectivity index (χ1n) is 7.72. The largest absolute Gasteiger partial charge is 0.410 e. The molecule has 0 aliphatic heterocycles. The van der Waals surface area contributed by atoms with Gasteiger partial charge in [0.15, 0.2) is 5.71 Å². The Morgan fingerprint density at radius 3 is 2.21 bits per heavy atom. The van der Waals surface area contributed by atoms with E-state index in [0.717, 1.165) is 48.7 Å². The molecule has 0 saturated heterocycles. The predicted octanol–water partition coefficient (Wildman–Crippen LogP) is 3.46. The molecule has 1 N–H and O–H groups in total. The van der Waals surface area contributed by atoms with Crippen LogP contribution in [0, 0.1) is 23.3 Å². The van der Waals surface area contributed by atoms with Gasteiger partial charge in [0.25, 0.3) is 5.56 Å². The quantitative estimate of drug-likeness (QED) is 0.244. The summed E-state index contributed by atoms with van der Waals surface area (Å²) in [5.74, 6) is -5.22. The maximum Gasteiger partial charge on any atom is 0.255 e. The first-order valence-corrected chi connectivity index (χ1v) is 7.72. The highest BCUT2D eigenvalue weighted by molar-refractivity contribution is 6.51. The van der Waals surface area contributed by atoms with Crippen molar-refractivity contribution in [3.05, 3.63) is 99.5 Å². The van der Waals surface area contributed by atoms with Gasteiger partial charge in [-0.1, -0.05) is 11.2 Å². The first-order chi connectivity index (χ1) is 13.3. The van der Waals surface area contributed by atoms with Crippen LogP contribution in [-0.4, -0.2) is 21.3 Å². The molecule has 3 rings (SSSR count). The number of ketones is 1. The topological polar surface area (TPSA) is 71.7 Å². The van der Waals surface area contributed by atoms with Crippen LogP contribution < -0.4 is 5.56 Å². The minimum atomic E-state index is -1.16. The molecule has 142 valence electrons. The van der Waals surface area contributed by atoms with Gasteiger partial charge in [-0.3, -0.25) is 14.2 Å². The average molecular weight is 390 g/mol. The molecular weight excluding hydrogens is 380 g/mol. The molecule has 9 heteroatoms. The van der Waals surface area contributed by atoms with E-state index in [9.17, 15) is 27.2 Å². The summed E-state index contributed by atoms with van der Waals surface area (Å²) in [7, 11) is 0. The molecule has 0 atom stereocenters. The summed E-state index contributed by atoms with van der Waals surface area (Å²) in [6.45, 7) is 0. The van der Waals surface area contributed by atoms with Crippen molar-refractivity contribution in [2.75, 3.05) is 0 Å². The Morgan fingerprint density at radius 1 is 0.929 bits per heavy atom. The van der Waals surface area contributed by atoms with Crippen LogP contribution >= 0.6 is 0 Å². The van der Waals surface area contributed by atoms with Crippen LogP contribution in [0.25, 0.3) is 5.69 Å². The lowest BCUT2D eigenvalue weighted by Gasteiger charge is -2.10. The number of nitrogens with zero attached hydrogens (tertiary/aromatic N) is 2. The lowest BCUT2D eigenvalue weighted by Crippen LogP contribution is -2.23. The predicted molar refractivity (Wildman–Crippen MR) is 91.0 cm³/mol. The fourth-order valence-corrected chi connectivity index (χ4v) is 2.56. The molecule has 0 spiro atoms. The number of Topliss-reactive ketones (excluding diaryl/α,β-unsaturated/α-hetero) is 1. The highest BCUT2D eigenvalue weighted by Crippen LogP contribution is 2.18. The number of hydrogen-bond donors (Lipinski definition) is 1. The molecule has 28 heavy (non-hydrogen) atoms. The summed E-state index contributed by atoms with van der Waals surface area (Å²) < 4.78 is 55.6. The number of rotatable bonds is 4. The number of pyridine rings is 1. The van der Waals surface area contributed by atoms with Gasteiger partial charge < -0.3 is 5.21 Å². The normalized spacial score (nSPS) is 11.5. The van der Waals surface area contributed by atoms with Crippen LogP contribution in [0.5, 0.6) is 0 Å². The fourth-order valence-electron chi connectivity index (χ4n) is 2.56. The monoisotopic (exact) mass is 390 g/mol. The van der Waals surface area contributed by atoms with Crippen LogP contribution in [-0.2, 0) is 0 Å². The van der Waals surface area contributed by atoms with Crippen LogP contribution in [0.2, 0.25) is 0 Å². The zero-order valence-electron chi connectivity index (χ0n) is 13.9. The number of carbonyl (C=O) groups is 1. The summed E-state index contributed by atoms with van der Waals surface area (Å²) >= 11 is 0. The molecule has 2 aromatic carbocycles. The van der Waals surface area contributed by atoms with Gasteiger partial charge in [0.1, 0.15) is 29.0 Å². The van der Waals surface area contributed by atoms with Gasteiger partial charge in [-0.2, -0.15) is 0 Å². The lowest BCUT2D eigenvalue weighted by atomic mass is 10.0. The van der Waals surface area contributed by atoms with Crippen molar-refractivity contribution in [1.82, 2.24) is 4.57 Å². The fraction of sp³-hybridized carbons (Fsp3) is 0. The van der Waals surface area contributed by atoms with E-state index in [-0.39, 0.29) is 5.56 Å². The third-order valence-electron chi connectivity index (χ3n) is 3.85. The maximum atomic E-state index is 14.0. The molecule has 0 bridgehead atoms. The summed E-state index contributed by atoms with van der Waals surface area (Å²) in [5, 5.41) is 11.9. The zero-order valence-corrected chi connectivity index (χ0v) is 13.9. The molecule has 0 amide bonds. The van der Waals surface area contributed by atoms with E-state index in [1.807, 2.05) is 0 Å². The Labute approximate surface area is 154 Å². The molecule has 3 aromatic rings. The Hall–Kier alpha value is -3.75. The summed E-state index contributed by atoms with van der Waals surface area (Å²) in [6.07, 6.45) is 0.832. The van der Waals surface area contributed by atoms with Crippen molar-refractivity contribution in [3.8, 4) is 5.69 Å². The molecular formula is C19H10F4N2O3. The maximum absolute atomic E-state index is 14.0. The van der Waals surface area contributed by atoms with E-state index in [0.29, 0.717) is 10.6 Å². The molecule has 0 aliphatic carbocycles. The number of aromatic nitrogens is 1.